The summed E-state index contributed by atoms with van der Waals surface area (Å²) < 4.78 is 0. The van der Waals surface area contributed by atoms with E-state index in [1.54, 1.807) is 4.90 Å². The predicted molar refractivity (Wildman–Crippen MR) is 105 cm³/mol. The molecule has 144 valence electrons. The molecular weight excluding hydrogens is 340 g/mol. The van der Waals surface area contributed by atoms with Gasteiger partial charge in [0.25, 0.3) is 5.91 Å². The van der Waals surface area contributed by atoms with E-state index in [2.05, 4.69) is 27.4 Å². The summed E-state index contributed by atoms with van der Waals surface area (Å²) in [7, 11) is 0. The normalized spacial score (nSPS) is 11.6. The van der Waals surface area contributed by atoms with E-state index in [4.69, 9.17) is 0 Å². The number of carbonyl (C=O) groups excluding carboxylic acids is 2. The third kappa shape index (κ3) is 7.17. The van der Waals surface area contributed by atoms with E-state index in [1.165, 1.54) is 24.2 Å². The van der Waals surface area contributed by atoms with Gasteiger partial charge in [0.05, 0.1) is 6.20 Å². The average molecular weight is 368 g/mol. The number of aromatic nitrogens is 2. The van der Waals surface area contributed by atoms with Crippen LogP contribution in [0.2, 0.25) is 0 Å². The molecule has 0 fully saturated rings. The standard InChI is InChI=1S/C21H28N4O2/c1-3-14-25(21(27)19-16-22-12-13-23-19)15-11-20(26)24-17(2)9-10-18-7-5-4-6-8-18/h4-8,12-13,16-17H,3,9-11,14-15H2,1-2H3,(H,24,26)/t17-/m1/s1. The molecule has 6 nitrogen and oxygen atoms in total. The fourth-order valence-corrected chi connectivity index (χ4v) is 2.84. The van der Waals surface area contributed by atoms with E-state index in [9.17, 15) is 9.59 Å². The Balaban J connectivity index is 1.78. The number of hydrogen-bond donors (Lipinski definition) is 1. The first-order valence-corrected chi connectivity index (χ1v) is 9.48. The summed E-state index contributed by atoms with van der Waals surface area (Å²) in [5.74, 6) is -0.224. The molecule has 1 aromatic carbocycles. The van der Waals surface area contributed by atoms with Crippen LogP contribution in [0, 0.1) is 0 Å². The molecular formula is C21H28N4O2. The smallest absolute Gasteiger partial charge is 0.274 e. The van der Waals surface area contributed by atoms with Gasteiger partial charge in [-0.2, -0.15) is 0 Å². The molecule has 1 aromatic heterocycles. The lowest BCUT2D eigenvalue weighted by atomic mass is 10.1. The van der Waals surface area contributed by atoms with Gasteiger partial charge >= 0.3 is 0 Å². The van der Waals surface area contributed by atoms with Crippen LogP contribution in [0.3, 0.4) is 0 Å². The molecule has 0 spiro atoms. The Morgan fingerprint density at radius 3 is 2.59 bits per heavy atom. The highest BCUT2D eigenvalue weighted by atomic mass is 16.2. The molecule has 1 N–H and O–H groups in total. The summed E-state index contributed by atoms with van der Waals surface area (Å²) in [6.07, 6.45) is 7.39. The van der Waals surface area contributed by atoms with Gasteiger partial charge in [0.1, 0.15) is 5.69 Å². The minimum Gasteiger partial charge on any atom is -0.354 e. The van der Waals surface area contributed by atoms with Crippen LogP contribution >= 0.6 is 0 Å². The van der Waals surface area contributed by atoms with E-state index in [0.29, 0.717) is 18.8 Å². The van der Waals surface area contributed by atoms with E-state index in [1.807, 2.05) is 32.0 Å². The third-order valence-electron chi connectivity index (χ3n) is 4.29. The molecule has 0 unspecified atom stereocenters. The van der Waals surface area contributed by atoms with Crippen molar-refractivity contribution >= 4 is 11.8 Å². The summed E-state index contributed by atoms with van der Waals surface area (Å²) in [6.45, 7) is 4.98. The van der Waals surface area contributed by atoms with Gasteiger partial charge in [-0.25, -0.2) is 4.98 Å². The lowest BCUT2D eigenvalue weighted by molar-refractivity contribution is -0.121. The Labute approximate surface area is 161 Å². The number of benzene rings is 1. The monoisotopic (exact) mass is 368 g/mol. The largest absolute Gasteiger partial charge is 0.354 e. The first kappa shape index (κ1) is 20.6. The third-order valence-corrected chi connectivity index (χ3v) is 4.29. The topological polar surface area (TPSA) is 75.2 Å². The van der Waals surface area contributed by atoms with Crippen molar-refractivity contribution in [1.29, 1.82) is 0 Å². The van der Waals surface area contributed by atoms with Crippen LogP contribution in [0.15, 0.2) is 48.9 Å². The first-order valence-electron chi connectivity index (χ1n) is 9.48. The number of amides is 2. The molecule has 6 heteroatoms. The molecule has 0 radical (unpaired) electrons. The van der Waals surface area contributed by atoms with Crippen molar-refractivity contribution in [2.24, 2.45) is 0 Å². The highest BCUT2D eigenvalue weighted by molar-refractivity contribution is 5.92. The van der Waals surface area contributed by atoms with E-state index >= 15 is 0 Å². The number of carbonyl (C=O) groups is 2. The molecule has 27 heavy (non-hydrogen) atoms. The summed E-state index contributed by atoms with van der Waals surface area (Å²) in [4.78, 5) is 34.4. The fraction of sp³-hybridized carbons (Fsp3) is 0.429. The summed E-state index contributed by atoms with van der Waals surface area (Å²) in [5.41, 5.74) is 1.57. The zero-order chi connectivity index (χ0) is 19.5. The van der Waals surface area contributed by atoms with Crippen LogP contribution in [0.25, 0.3) is 0 Å². The molecule has 2 rings (SSSR count). The number of rotatable bonds is 10. The molecule has 2 aromatic rings. The van der Waals surface area contributed by atoms with Crippen LogP contribution in [0.4, 0.5) is 0 Å². The van der Waals surface area contributed by atoms with Crippen molar-refractivity contribution in [3.8, 4) is 0 Å². The van der Waals surface area contributed by atoms with Crippen LogP contribution < -0.4 is 5.32 Å². The Morgan fingerprint density at radius 1 is 1.15 bits per heavy atom. The van der Waals surface area contributed by atoms with Crippen LogP contribution in [0.5, 0.6) is 0 Å². The van der Waals surface area contributed by atoms with Crippen molar-refractivity contribution in [1.82, 2.24) is 20.2 Å². The highest BCUT2D eigenvalue weighted by Gasteiger charge is 2.18. The minimum atomic E-state index is -0.185. The summed E-state index contributed by atoms with van der Waals surface area (Å²) in [6, 6.07) is 10.3. The quantitative estimate of drug-likeness (QED) is 0.700. The lowest BCUT2D eigenvalue weighted by Crippen LogP contribution is -2.38. The molecule has 1 atom stereocenters. The van der Waals surface area contributed by atoms with Crippen LogP contribution in [-0.4, -0.2) is 45.8 Å². The number of nitrogens with one attached hydrogen (secondary N) is 1. The second kappa shape index (κ2) is 11.1. The second-order valence-corrected chi connectivity index (χ2v) is 6.63. The van der Waals surface area contributed by atoms with Crippen molar-refractivity contribution in [3.05, 3.63) is 60.2 Å². The summed E-state index contributed by atoms with van der Waals surface area (Å²) >= 11 is 0. The van der Waals surface area contributed by atoms with E-state index in [-0.39, 0.29) is 24.3 Å². The van der Waals surface area contributed by atoms with E-state index < -0.39 is 0 Å². The van der Waals surface area contributed by atoms with Crippen LogP contribution in [0.1, 0.15) is 49.2 Å². The van der Waals surface area contributed by atoms with Gasteiger partial charge in [-0.15, -0.1) is 0 Å². The number of nitrogens with zero attached hydrogens (tertiary/aromatic N) is 3. The Bertz CT molecular complexity index is 707. The number of aryl methyl sites for hydroxylation is 1. The Kier molecular flexibility index (Phi) is 8.42. The minimum absolute atomic E-state index is 0.0383. The Hall–Kier alpha value is -2.76. The number of hydrogen-bond acceptors (Lipinski definition) is 4. The maximum Gasteiger partial charge on any atom is 0.274 e. The SMILES string of the molecule is CCCN(CCC(=O)N[C@H](C)CCc1ccccc1)C(=O)c1cnccn1. The van der Waals surface area contributed by atoms with Gasteiger partial charge in [-0.3, -0.25) is 14.6 Å². The summed E-state index contributed by atoms with van der Waals surface area (Å²) in [5, 5.41) is 3.02. The van der Waals surface area contributed by atoms with Gasteiger partial charge in [0, 0.05) is 37.9 Å². The first-order chi connectivity index (χ1) is 13.1. The van der Waals surface area contributed by atoms with Gasteiger partial charge in [-0.05, 0) is 31.7 Å². The van der Waals surface area contributed by atoms with Gasteiger partial charge in [-0.1, -0.05) is 37.3 Å². The second-order valence-electron chi connectivity index (χ2n) is 6.63. The van der Waals surface area contributed by atoms with Gasteiger partial charge in [0.15, 0.2) is 0 Å². The molecule has 2 amide bonds. The maximum atomic E-state index is 12.5. The van der Waals surface area contributed by atoms with Gasteiger partial charge in [0.2, 0.25) is 5.91 Å². The predicted octanol–water partition coefficient (Wildman–Crippen LogP) is 2.86. The fourth-order valence-electron chi connectivity index (χ4n) is 2.84. The molecule has 1 heterocycles. The highest BCUT2D eigenvalue weighted by Crippen LogP contribution is 2.06. The molecule has 0 bridgehead atoms. The van der Waals surface area contributed by atoms with Crippen LogP contribution in [-0.2, 0) is 11.2 Å². The molecule has 0 aliphatic carbocycles. The zero-order valence-corrected chi connectivity index (χ0v) is 16.1. The molecule has 0 saturated heterocycles. The zero-order valence-electron chi connectivity index (χ0n) is 16.1. The molecule has 0 saturated carbocycles. The van der Waals surface area contributed by atoms with Crippen molar-refractivity contribution in [2.75, 3.05) is 13.1 Å². The van der Waals surface area contributed by atoms with Crippen molar-refractivity contribution < 1.29 is 9.59 Å². The molecule has 0 aliphatic heterocycles. The maximum absolute atomic E-state index is 12.5. The van der Waals surface area contributed by atoms with Crippen molar-refractivity contribution in [2.45, 2.75) is 45.6 Å². The Morgan fingerprint density at radius 2 is 1.93 bits per heavy atom. The molecule has 0 aliphatic rings. The van der Waals surface area contributed by atoms with E-state index in [0.717, 1.165) is 19.3 Å². The van der Waals surface area contributed by atoms with Crippen molar-refractivity contribution in [3.63, 3.8) is 0 Å². The van der Waals surface area contributed by atoms with Gasteiger partial charge < -0.3 is 10.2 Å². The lowest BCUT2D eigenvalue weighted by Gasteiger charge is -2.22. The average Bonchev–Trinajstić information content (AvgIpc) is 2.70.